The van der Waals surface area contributed by atoms with Gasteiger partial charge in [0, 0.05) is 11.3 Å². The van der Waals surface area contributed by atoms with Gasteiger partial charge in [0.15, 0.2) is 11.0 Å². The summed E-state index contributed by atoms with van der Waals surface area (Å²) in [5.74, 6) is 0.664. The van der Waals surface area contributed by atoms with Gasteiger partial charge in [0.05, 0.1) is 0 Å². The summed E-state index contributed by atoms with van der Waals surface area (Å²) in [5.41, 5.74) is 6.28. The quantitative estimate of drug-likeness (QED) is 0.829. The molecule has 0 unspecified atom stereocenters. The minimum absolute atomic E-state index is 0.320. The molecule has 1 aromatic heterocycles. The minimum Gasteiger partial charge on any atom is -0.393 e. The number of nitrogens with two attached hydrogens (primary N) is 1. The van der Waals surface area contributed by atoms with Gasteiger partial charge in [0.25, 0.3) is 0 Å². The second kappa shape index (κ2) is 5.78. The monoisotopic (exact) mass is 272 g/mol. The van der Waals surface area contributed by atoms with Gasteiger partial charge in [-0.05, 0) is 31.9 Å². The molecular weight excluding hydrogens is 256 g/mol. The van der Waals surface area contributed by atoms with Crippen molar-refractivity contribution >= 4 is 34.9 Å². The number of nitrogens with one attached hydrogen (secondary N) is 1. The SMILES string of the molecule is CSC1CCC(Nc2ncnc(Cl)c2N)CC1. The Labute approximate surface area is 111 Å². The van der Waals surface area contributed by atoms with Gasteiger partial charge in [0.2, 0.25) is 0 Å². The molecule has 1 aromatic rings. The minimum atomic E-state index is 0.320. The summed E-state index contributed by atoms with van der Waals surface area (Å²) in [6, 6.07) is 0.451. The molecule has 6 heteroatoms. The number of hydrogen-bond acceptors (Lipinski definition) is 5. The smallest absolute Gasteiger partial charge is 0.157 e. The summed E-state index contributed by atoms with van der Waals surface area (Å²) in [4.78, 5) is 7.98. The first-order valence-corrected chi connectivity index (χ1v) is 7.42. The van der Waals surface area contributed by atoms with Crippen molar-refractivity contribution < 1.29 is 0 Å². The van der Waals surface area contributed by atoms with Crippen LogP contribution in [0.5, 0.6) is 0 Å². The molecule has 1 aliphatic carbocycles. The molecule has 94 valence electrons. The first-order chi connectivity index (χ1) is 8.20. The Bertz CT molecular complexity index is 380. The normalized spacial score (nSPS) is 24.6. The molecule has 4 nitrogen and oxygen atoms in total. The van der Waals surface area contributed by atoms with E-state index in [0.717, 1.165) is 18.1 Å². The van der Waals surface area contributed by atoms with Crippen LogP contribution in [0.15, 0.2) is 6.33 Å². The van der Waals surface area contributed by atoms with Crippen LogP contribution in [0.1, 0.15) is 25.7 Å². The number of rotatable bonds is 3. The number of halogens is 1. The topological polar surface area (TPSA) is 63.8 Å². The molecule has 17 heavy (non-hydrogen) atoms. The average Bonchev–Trinajstić information content (AvgIpc) is 2.36. The van der Waals surface area contributed by atoms with Gasteiger partial charge in [0.1, 0.15) is 12.0 Å². The second-order valence-corrected chi connectivity index (χ2v) is 5.78. The van der Waals surface area contributed by atoms with Gasteiger partial charge < -0.3 is 11.1 Å². The van der Waals surface area contributed by atoms with Crippen molar-refractivity contribution in [1.82, 2.24) is 9.97 Å². The van der Waals surface area contributed by atoms with Crippen molar-refractivity contribution in [2.75, 3.05) is 17.3 Å². The number of anilines is 2. The predicted octanol–water partition coefficient (Wildman–Crippen LogP) is 2.80. The molecule has 0 bridgehead atoms. The standard InChI is InChI=1S/C11H17ClN4S/c1-17-8-4-2-7(3-5-8)16-11-9(13)10(12)14-6-15-11/h6-8H,2-5,13H2,1H3,(H,14,15,16). The molecule has 0 aliphatic heterocycles. The van der Waals surface area contributed by atoms with E-state index in [2.05, 4.69) is 21.5 Å². The zero-order valence-corrected chi connectivity index (χ0v) is 11.4. The van der Waals surface area contributed by atoms with Gasteiger partial charge in [-0.2, -0.15) is 11.8 Å². The molecule has 0 atom stereocenters. The Balaban J connectivity index is 1.95. The van der Waals surface area contributed by atoms with Crippen LogP contribution >= 0.6 is 23.4 Å². The molecule has 0 saturated heterocycles. The summed E-state index contributed by atoms with van der Waals surface area (Å²) in [7, 11) is 0. The predicted molar refractivity (Wildman–Crippen MR) is 74.6 cm³/mol. The van der Waals surface area contributed by atoms with Gasteiger partial charge >= 0.3 is 0 Å². The van der Waals surface area contributed by atoms with Crippen LogP contribution in [-0.4, -0.2) is 27.5 Å². The van der Waals surface area contributed by atoms with Crippen molar-refractivity contribution in [3.05, 3.63) is 11.5 Å². The zero-order chi connectivity index (χ0) is 12.3. The fourth-order valence-corrected chi connectivity index (χ4v) is 3.00. The first kappa shape index (κ1) is 12.8. The molecule has 1 saturated carbocycles. The molecule has 1 fully saturated rings. The number of hydrogen-bond donors (Lipinski definition) is 2. The molecule has 0 aromatic carbocycles. The number of nitrogen functional groups attached to an aromatic ring is 1. The lowest BCUT2D eigenvalue weighted by Gasteiger charge is -2.28. The van der Waals surface area contributed by atoms with Crippen molar-refractivity contribution in [3.63, 3.8) is 0 Å². The second-order valence-electron chi connectivity index (χ2n) is 4.28. The van der Waals surface area contributed by atoms with E-state index in [1.54, 1.807) is 0 Å². The lowest BCUT2D eigenvalue weighted by atomic mass is 9.95. The highest BCUT2D eigenvalue weighted by atomic mass is 35.5. The lowest BCUT2D eigenvalue weighted by Crippen LogP contribution is -2.27. The highest BCUT2D eigenvalue weighted by molar-refractivity contribution is 7.99. The highest BCUT2D eigenvalue weighted by Gasteiger charge is 2.21. The Morgan fingerprint density at radius 1 is 1.35 bits per heavy atom. The van der Waals surface area contributed by atoms with E-state index in [0.29, 0.717) is 22.7 Å². The maximum atomic E-state index is 5.86. The molecule has 0 amide bonds. The van der Waals surface area contributed by atoms with Gasteiger partial charge in [-0.15, -0.1) is 0 Å². The van der Waals surface area contributed by atoms with E-state index in [-0.39, 0.29) is 0 Å². The van der Waals surface area contributed by atoms with E-state index in [9.17, 15) is 0 Å². The summed E-state index contributed by atoms with van der Waals surface area (Å²) in [6.07, 6.45) is 8.43. The van der Waals surface area contributed by atoms with Crippen LogP contribution in [0.25, 0.3) is 0 Å². The largest absolute Gasteiger partial charge is 0.393 e. The van der Waals surface area contributed by atoms with Gasteiger partial charge in [-0.25, -0.2) is 9.97 Å². The van der Waals surface area contributed by atoms with Crippen molar-refractivity contribution in [3.8, 4) is 0 Å². The summed E-state index contributed by atoms with van der Waals surface area (Å²) >= 11 is 7.82. The molecule has 0 radical (unpaired) electrons. The highest BCUT2D eigenvalue weighted by Crippen LogP contribution is 2.30. The fraction of sp³-hybridized carbons (Fsp3) is 0.636. The van der Waals surface area contributed by atoms with Crippen LogP contribution in [-0.2, 0) is 0 Å². The molecule has 2 rings (SSSR count). The Morgan fingerprint density at radius 2 is 2.06 bits per heavy atom. The third kappa shape index (κ3) is 3.16. The van der Waals surface area contributed by atoms with Crippen LogP contribution < -0.4 is 11.1 Å². The molecule has 1 heterocycles. The van der Waals surface area contributed by atoms with Crippen LogP contribution in [0, 0.1) is 0 Å². The molecule has 1 aliphatic rings. The zero-order valence-electron chi connectivity index (χ0n) is 9.82. The third-order valence-electron chi connectivity index (χ3n) is 3.18. The molecule has 3 N–H and O–H groups in total. The van der Waals surface area contributed by atoms with E-state index < -0.39 is 0 Å². The van der Waals surface area contributed by atoms with E-state index in [1.165, 1.54) is 19.2 Å². The lowest BCUT2D eigenvalue weighted by molar-refractivity contribution is 0.472. The summed E-state index contributed by atoms with van der Waals surface area (Å²) in [6.45, 7) is 0. The van der Waals surface area contributed by atoms with Crippen LogP contribution in [0.3, 0.4) is 0 Å². The number of thioether (sulfide) groups is 1. The Morgan fingerprint density at radius 3 is 2.71 bits per heavy atom. The third-order valence-corrected chi connectivity index (χ3v) is 4.62. The van der Waals surface area contributed by atoms with Gasteiger partial charge in [-0.3, -0.25) is 0 Å². The Hall–Kier alpha value is -0.680. The van der Waals surface area contributed by atoms with Crippen LogP contribution in [0.2, 0.25) is 5.15 Å². The van der Waals surface area contributed by atoms with E-state index in [4.69, 9.17) is 17.3 Å². The summed E-state index contributed by atoms with van der Waals surface area (Å²) in [5, 5.41) is 4.49. The summed E-state index contributed by atoms with van der Waals surface area (Å²) < 4.78 is 0. The number of nitrogens with zero attached hydrogens (tertiary/aromatic N) is 2. The van der Waals surface area contributed by atoms with Crippen LogP contribution in [0.4, 0.5) is 11.5 Å². The number of aromatic nitrogens is 2. The van der Waals surface area contributed by atoms with E-state index >= 15 is 0 Å². The Kier molecular flexibility index (Phi) is 4.34. The average molecular weight is 273 g/mol. The fourth-order valence-electron chi connectivity index (χ4n) is 2.13. The maximum Gasteiger partial charge on any atom is 0.157 e. The molecule has 0 spiro atoms. The molecular formula is C11H17ClN4S. The van der Waals surface area contributed by atoms with Gasteiger partial charge in [-0.1, -0.05) is 11.6 Å². The van der Waals surface area contributed by atoms with Crippen molar-refractivity contribution in [2.45, 2.75) is 37.0 Å². The van der Waals surface area contributed by atoms with Crippen molar-refractivity contribution in [1.29, 1.82) is 0 Å². The first-order valence-electron chi connectivity index (χ1n) is 5.76. The van der Waals surface area contributed by atoms with Crippen molar-refractivity contribution in [2.24, 2.45) is 0 Å². The maximum absolute atomic E-state index is 5.86. The van der Waals surface area contributed by atoms with E-state index in [1.807, 2.05) is 11.8 Å².